The van der Waals surface area contributed by atoms with Crippen LogP contribution in [0.3, 0.4) is 0 Å². The molecule has 1 heterocycles. The zero-order valence-corrected chi connectivity index (χ0v) is 14.1. The fourth-order valence-corrected chi connectivity index (χ4v) is 3.89. The third-order valence-electron chi connectivity index (χ3n) is 2.42. The van der Waals surface area contributed by atoms with Crippen molar-refractivity contribution in [1.29, 1.82) is 0 Å². The number of nitrogens with one attached hydrogen (secondary N) is 3. The molecule has 8 nitrogen and oxygen atoms in total. The van der Waals surface area contributed by atoms with E-state index >= 15 is 0 Å². The van der Waals surface area contributed by atoms with Crippen LogP contribution in [0.5, 0.6) is 0 Å². The average molecular weight is 339 g/mol. The van der Waals surface area contributed by atoms with Gasteiger partial charge in [-0.05, 0) is 33.0 Å². The Kier molecular flexibility index (Phi) is 5.56. The van der Waals surface area contributed by atoms with Gasteiger partial charge in [0.15, 0.2) is 0 Å². The Morgan fingerprint density at radius 2 is 1.81 bits per heavy atom. The lowest BCUT2D eigenvalue weighted by atomic mass is 10.1. The highest BCUT2D eigenvalue weighted by Crippen LogP contribution is 2.14. The van der Waals surface area contributed by atoms with Crippen molar-refractivity contribution < 1.29 is 21.3 Å². The van der Waals surface area contributed by atoms with E-state index in [1.807, 2.05) is 0 Å². The molecule has 21 heavy (non-hydrogen) atoms. The Hall–Kier alpha value is -0.940. The van der Waals surface area contributed by atoms with Gasteiger partial charge in [-0.15, -0.1) is 0 Å². The van der Waals surface area contributed by atoms with Gasteiger partial charge < -0.3 is 9.73 Å². The Morgan fingerprint density at radius 1 is 1.19 bits per heavy atom. The second-order valence-corrected chi connectivity index (χ2v) is 8.78. The smallest absolute Gasteiger partial charge is 0.274 e. The molecule has 0 aliphatic rings. The Labute approximate surface area is 125 Å². The van der Waals surface area contributed by atoms with E-state index in [-0.39, 0.29) is 11.6 Å². The van der Waals surface area contributed by atoms with Gasteiger partial charge in [-0.2, -0.15) is 0 Å². The van der Waals surface area contributed by atoms with Crippen LogP contribution in [0.4, 0.5) is 0 Å². The molecular weight excluding hydrogens is 318 g/mol. The van der Waals surface area contributed by atoms with E-state index < -0.39 is 25.6 Å². The molecule has 1 aromatic rings. The van der Waals surface area contributed by atoms with Crippen LogP contribution < -0.4 is 14.8 Å². The first kappa shape index (κ1) is 18.1. The summed E-state index contributed by atoms with van der Waals surface area (Å²) in [5, 5.41) is 2.64. The van der Waals surface area contributed by atoms with Crippen molar-refractivity contribution in [1.82, 2.24) is 14.8 Å². The Morgan fingerprint density at radius 3 is 2.33 bits per heavy atom. The first-order chi connectivity index (χ1) is 9.45. The van der Waals surface area contributed by atoms with Crippen molar-refractivity contribution in [3.05, 3.63) is 17.9 Å². The predicted molar refractivity (Wildman–Crippen MR) is 78.7 cm³/mol. The van der Waals surface area contributed by atoms with Crippen LogP contribution in [0.1, 0.15) is 19.6 Å². The minimum Gasteiger partial charge on any atom is -0.447 e. The normalized spacial score (nSPS) is 13.5. The third kappa shape index (κ3) is 6.14. The SMILES string of the molecule is CNCc1ccc(S(=O)(=O)NCC(C)(C)NS(C)(=O)=O)o1. The van der Waals surface area contributed by atoms with E-state index in [9.17, 15) is 16.8 Å². The third-order valence-corrected chi connectivity index (χ3v) is 4.62. The van der Waals surface area contributed by atoms with Gasteiger partial charge in [-0.1, -0.05) is 0 Å². The lowest BCUT2D eigenvalue weighted by Crippen LogP contribution is -2.50. The summed E-state index contributed by atoms with van der Waals surface area (Å²) in [5.74, 6) is 0.492. The van der Waals surface area contributed by atoms with Crippen LogP contribution in [0.25, 0.3) is 0 Å². The molecule has 0 aliphatic heterocycles. The monoisotopic (exact) mass is 339 g/mol. The summed E-state index contributed by atoms with van der Waals surface area (Å²) in [6.07, 6.45) is 1.01. The highest BCUT2D eigenvalue weighted by Gasteiger charge is 2.26. The molecule has 0 spiro atoms. The largest absolute Gasteiger partial charge is 0.447 e. The van der Waals surface area contributed by atoms with E-state index in [0.29, 0.717) is 12.3 Å². The maximum Gasteiger partial charge on any atom is 0.274 e. The second kappa shape index (κ2) is 6.44. The van der Waals surface area contributed by atoms with E-state index in [2.05, 4.69) is 14.8 Å². The number of rotatable bonds is 8. The molecule has 0 saturated carbocycles. The number of furan rings is 1. The van der Waals surface area contributed by atoms with Crippen molar-refractivity contribution in [3.63, 3.8) is 0 Å². The summed E-state index contributed by atoms with van der Waals surface area (Å²) in [4.78, 5) is 0. The van der Waals surface area contributed by atoms with Gasteiger partial charge >= 0.3 is 0 Å². The van der Waals surface area contributed by atoms with Gasteiger partial charge in [0, 0.05) is 12.1 Å². The van der Waals surface area contributed by atoms with Crippen molar-refractivity contribution in [2.24, 2.45) is 0 Å². The summed E-state index contributed by atoms with van der Waals surface area (Å²) < 4.78 is 56.4. The highest BCUT2D eigenvalue weighted by molar-refractivity contribution is 7.89. The summed E-state index contributed by atoms with van der Waals surface area (Å²) >= 11 is 0. The molecule has 0 aromatic carbocycles. The van der Waals surface area contributed by atoms with Gasteiger partial charge in [0.2, 0.25) is 15.1 Å². The van der Waals surface area contributed by atoms with Crippen molar-refractivity contribution >= 4 is 20.0 Å². The van der Waals surface area contributed by atoms with E-state index in [0.717, 1.165) is 6.26 Å². The minimum atomic E-state index is -3.83. The Bertz CT molecular complexity index is 676. The molecule has 0 atom stereocenters. The maximum atomic E-state index is 12.1. The molecular formula is C11H21N3O5S2. The van der Waals surface area contributed by atoms with E-state index in [1.165, 1.54) is 6.07 Å². The second-order valence-electron chi connectivity index (χ2n) is 5.33. The fourth-order valence-electron chi connectivity index (χ4n) is 1.66. The van der Waals surface area contributed by atoms with Crippen LogP contribution >= 0.6 is 0 Å². The van der Waals surface area contributed by atoms with Crippen LogP contribution in [0, 0.1) is 0 Å². The summed E-state index contributed by atoms with van der Waals surface area (Å²) in [7, 11) is -5.54. The topological polar surface area (TPSA) is 118 Å². The van der Waals surface area contributed by atoms with Crippen LogP contribution in [-0.2, 0) is 26.6 Å². The highest BCUT2D eigenvalue weighted by atomic mass is 32.2. The molecule has 10 heteroatoms. The maximum absolute atomic E-state index is 12.1. The molecule has 0 saturated heterocycles. The van der Waals surface area contributed by atoms with Crippen molar-refractivity contribution in [2.45, 2.75) is 31.0 Å². The lowest BCUT2D eigenvalue weighted by Gasteiger charge is -2.24. The van der Waals surface area contributed by atoms with Gasteiger partial charge in [0.1, 0.15) is 5.76 Å². The first-order valence-electron chi connectivity index (χ1n) is 6.17. The first-order valence-corrected chi connectivity index (χ1v) is 9.55. The molecule has 0 unspecified atom stereocenters. The van der Waals surface area contributed by atoms with Gasteiger partial charge in [-0.25, -0.2) is 26.3 Å². The summed E-state index contributed by atoms with van der Waals surface area (Å²) in [6.45, 7) is 3.46. The fraction of sp³-hybridized carbons (Fsp3) is 0.636. The molecule has 0 bridgehead atoms. The van der Waals surface area contributed by atoms with Crippen LogP contribution in [0.2, 0.25) is 0 Å². The minimum absolute atomic E-state index is 0.107. The molecule has 0 aliphatic carbocycles. The molecule has 0 amide bonds. The predicted octanol–water partition coefficient (Wildman–Crippen LogP) is -0.395. The van der Waals surface area contributed by atoms with Crippen molar-refractivity contribution in [2.75, 3.05) is 19.8 Å². The molecule has 3 N–H and O–H groups in total. The van der Waals surface area contributed by atoms with Gasteiger partial charge in [0.25, 0.3) is 10.0 Å². The summed E-state index contributed by atoms with van der Waals surface area (Å²) in [5.41, 5.74) is -0.957. The number of hydrogen-bond acceptors (Lipinski definition) is 6. The molecule has 122 valence electrons. The Balaban J connectivity index is 2.76. The molecule has 0 radical (unpaired) electrons. The molecule has 0 fully saturated rings. The summed E-state index contributed by atoms with van der Waals surface area (Å²) in [6, 6.07) is 2.91. The van der Waals surface area contributed by atoms with E-state index in [1.54, 1.807) is 27.0 Å². The molecule has 1 rings (SSSR count). The number of sulfonamides is 2. The van der Waals surface area contributed by atoms with Gasteiger partial charge in [-0.3, -0.25) is 0 Å². The quantitative estimate of drug-likeness (QED) is 0.593. The standard InChI is InChI=1S/C11H21N3O5S2/c1-11(2,14-20(4,15)16)8-13-21(17,18)10-6-5-9(19-10)7-12-3/h5-6,12-14H,7-8H2,1-4H3. The van der Waals surface area contributed by atoms with E-state index in [4.69, 9.17) is 4.42 Å². The van der Waals surface area contributed by atoms with Gasteiger partial charge in [0.05, 0.1) is 12.8 Å². The zero-order chi connectivity index (χ0) is 16.3. The zero-order valence-electron chi connectivity index (χ0n) is 12.4. The van der Waals surface area contributed by atoms with Crippen LogP contribution in [-0.4, -0.2) is 42.2 Å². The number of hydrogen-bond donors (Lipinski definition) is 3. The molecule has 1 aromatic heterocycles. The average Bonchev–Trinajstić information content (AvgIpc) is 2.73. The van der Waals surface area contributed by atoms with Crippen LogP contribution in [0.15, 0.2) is 21.6 Å². The van der Waals surface area contributed by atoms with Crippen molar-refractivity contribution in [3.8, 4) is 0 Å². The lowest BCUT2D eigenvalue weighted by molar-refractivity contribution is 0.398.